The van der Waals surface area contributed by atoms with E-state index < -0.39 is 11.4 Å². The van der Waals surface area contributed by atoms with Crippen LogP contribution < -0.4 is 5.32 Å². The maximum atomic E-state index is 11.9. The first-order valence-corrected chi connectivity index (χ1v) is 6.94. The molecule has 0 aliphatic carbocycles. The van der Waals surface area contributed by atoms with E-state index in [-0.39, 0.29) is 18.4 Å². The minimum absolute atomic E-state index is 0.0752. The van der Waals surface area contributed by atoms with Crippen molar-refractivity contribution in [2.24, 2.45) is 5.41 Å². The number of unbranched alkanes of at least 4 members (excludes halogenated alkanes) is 1. The second-order valence-corrected chi connectivity index (χ2v) is 5.08. The Morgan fingerprint density at radius 2 is 1.78 bits per heavy atom. The van der Waals surface area contributed by atoms with Crippen LogP contribution in [0, 0.1) is 5.41 Å². The van der Waals surface area contributed by atoms with Crippen LogP contribution in [0.3, 0.4) is 0 Å². The van der Waals surface area contributed by atoms with E-state index in [1.54, 1.807) is 0 Å². The highest BCUT2D eigenvalue weighted by molar-refractivity contribution is 5.85. The van der Waals surface area contributed by atoms with Crippen LogP contribution in [0.5, 0.6) is 0 Å². The zero-order valence-corrected chi connectivity index (χ0v) is 12.1. The number of carbonyl (C=O) groups is 2. The number of nitrogens with one attached hydrogen (secondary N) is 1. The van der Waals surface area contributed by atoms with Gasteiger partial charge in [-0.05, 0) is 26.2 Å². The van der Waals surface area contributed by atoms with Crippen LogP contribution in [0.4, 0.5) is 0 Å². The van der Waals surface area contributed by atoms with Gasteiger partial charge in [0.2, 0.25) is 5.91 Å². The van der Waals surface area contributed by atoms with Gasteiger partial charge in [0.15, 0.2) is 0 Å². The maximum Gasteiger partial charge on any atom is 0.310 e. The van der Waals surface area contributed by atoms with Gasteiger partial charge in [0.05, 0.1) is 5.41 Å². The van der Waals surface area contributed by atoms with Crippen LogP contribution in [0.2, 0.25) is 0 Å². The third kappa shape index (κ3) is 5.07. The zero-order chi connectivity index (χ0) is 14.2. The van der Waals surface area contributed by atoms with Gasteiger partial charge < -0.3 is 10.4 Å². The van der Waals surface area contributed by atoms with E-state index in [4.69, 9.17) is 0 Å². The molecule has 0 aromatic rings. The second kappa shape index (κ2) is 8.11. The minimum Gasteiger partial charge on any atom is -0.481 e. The molecule has 0 spiro atoms. The van der Waals surface area contributed by atoms with E-state index in [0.29, 0.717) is 12.8 Å². The predicted molar refractivity (Wildman–Crippen MR) is 72.4 cm³/mol. The summed E-state index contributed by atoms with van der Waals surface area (Å²) in [5.41, 5.74) is -0.908. The van der Waals surface area contributed by atoms with Crippen molar-refractivity contribution in [3.05, 3.63) is 0 Å². The molecule has 1 amide bonds. The molecule has 0 bridgehead atoms. The molecule has 18 heavy (non-hydrogen) atoms. The molecular weight excluding hydrogens is 230 g/mol. The highest BCUT2D eigenvalue weighted by Crippen LogP contribution is 2.30. The van der Waals surface area contributed by atoms with Crippen LogP contribution in [-0.2, 0) is 9.59 Å². The Kier molecular flexibility index (Phi) is 7.64. The first kappa shape index (κ1) is 16.9. The Hall–Kier alpha value is -1.06. The molecule has 0 aliphatic heterocycles. The number of carboxylic acids is 1. The number of hydrogen-bond donors (Lipinski definition) is 2. The molecule has 106 valence electrons. The molecule has 0 aromatic heterocycles. The fourth-order valence-electron chi connectivity index (χ4n) is 2.09. The summed E-state index contributed by atoms with van der Waals surface area (Å²) in [7, 11) is 0. The van der Waals surface area contributed by atoms with Crippen molar-refractivity contribution >= 4 is 11.9 Å². The summed E-state index contributed by atoms with van der Waals surface area (Å²) in [6.45, 7) is 7.73. The smallest absolute Gasteiger partial charge is 0.310 e. The second-order valence-electron chi connectivity index (χ2n) is 5.08. The number of hydrogen-bond acceptors (Lipinski definition) is 2. The van der Waals surface area contributed by atoms with Crippen molar-refractivity contribution in [3.8, 4) is 0 Å². The van der Waals surface area contributed by atoms with Crippen LogP contribution in [0.1, 0.15) is 66.2 Å². The monoisotopic (exact) mass is 257 g/mol. The van der Waals surface area contributed by atoms with Gasteiger partial charge in [-0.15, -0.1) is 0 Å². The number of carboxylic acid groups (broad SMARTS) is 1. The lowest BCUT2D eigenvalue weighted by atomic mass is 9.79. The first-order chi connectivity index (χ1) is 8.41. The van der Waals surface area contributed by atoms with Crippen molar-refractivity contribution < 1.29 is 14.7 Å². The molecule has 0 rings (SSSR count). The van der Waals surface area contributed by atoms with Gasteiger partial charge in [0, 0.05) is 12.5 Å². The van der Waals surface area contributed by atoms with Crippen molar-refractivity contribution in [1.29, 1.82) is 0 Å². The fraction of sp³-hybridized carbons (Fsp3) is 0.857. The van der Waals surface area contributed by atoms with E-state index in [9.17, 15) is 14.7 Å². The third-order valence-corrected chi connectivity index (χ3v) is 3.70. The summed E-state index contributed by atoms with van der Waals surface area (Å²) < 4.78 is 0. The minimum atomic E-state index is -0.908. The molecule has 0 aromatic carbocycles. The zero-order valence-electron chi connectivity index (χ0n) is 12.1. The fourth-order valence-corrected chi connectivity index (χ4v) is 2.09. The Bertz CT molecular complexity index is 272. The SMILES string of the molecule is CCCCC(C)NC(=O)CC(CC)(CC)C(=O)O. The molecule has 0 saturated heterocycles. The van der Waals surface area contributed by atoms with E-state index in [0.717, 1.165) is 19.3 Å². The van der Waals surface area contributed by atoms with Gasteiger partial charge in [-0.25, -0.2) is 0 Å². The van der Waals surface area contributed by atoms with E-state index in [2.05, 4.69) is 12.2 Å². The Morgan fingerprint density at radius 1 is 1.22 bits per heavy atom. The molecule has 4 nitrogen and oxygen atoms in total. The van der Waals surface area contributed by atoms with Crippen molar-refractivity contribution in [1.82, 2.24) is 5.32 Å². The Labute approximate surface area is 110 Å². The molecule has 1 atom stereocenters. The highest BCUT2D eigenvalue weighted by Gasteiger charge is 2.37. The van der Waals surface area contributed by atoms with Crippen LogP contribution >= 0.6 is 0 Å². The van der Waals surface area contributed by atoms with Gasteiger partial charge in [0.25, 0.3) is 0 Å². The highest BCUT2D eigenvalue weighted by atomic mass is 16.4. The van der Waals surface area contributed by atoms with Crippen molar-refractivity contribution in [3.63, 3.8) is 0 Å². The normalized spacial score (nSPS) is 13.1. The van der Waals surface area contributed by atoms with Gasteiger partial charge in [-0.1, -0.05) is 33.6 Å². The lowest BCUT2D eigenvalue weighted by Gasteiger charge is -2.26. The molecule has 0 heterocycles. The maximum absolute atomic E-state index is 11.9. The third-order valence-electron chi connectivity index (χ3n) is 3.70. The molecule has 2 N–H and O–H groups in total. The average molecular weight is 257 g/mol. The summed E-state index contributed by atoms with van der Waals surface area (Å²) in [5, 5.41) is 12.2. The summed E-state index contributed by atoms with van der Waals surface area (Å²) in [6.07, 6.45) is 4.16. The number of amides is 1. The van der Waals surface area contributed by atoms with Gasteiger partial charge in [0.1, 0.15) is 0 Å². The predicted octanol–water partition coefficient (Wildman–Crippen LogP) is 2.96. The number of rotatable bonds is 9. The molecule has 0 saturated carbocycles. The topological polar surface area (TPSA) is 66.4 Å². The van der Waals surface area contributed by atoms with Crippen molar-refractivity contribution in [2.45, 2.75) is 72.3 Å². The summed E-state index contributed by atoms with van der Waals surface area (Å²) >= 11 is 0. The van der Waals surface area contributed by atoms with Crippen LogP contribution in [0.25, 0.3) is 0 Å². The van der Waals surface area contributed by atoms with E-state index in [1.165, 1.54) is 0 Å². The Morgan fingerprint density at radius 3 is 2.17 bits per heavy atom. The first-order valence-electron chi connectivity index (χ1n) is 6.94. The average Bonchev–Trinajstić information content (AvgIpc) is 2.33. The molecule has 4 heteroatoms. The van der Waals surface area contributed by atoms with Gasteiger partial charge >= 0.3 is 5.97 Å². The van der Waals surface area contributed by atoms with E-state index in [1.807, 2.05) is 20.8 Å². The van der Waals surface area contributed by atoms with Gasteiger partial charge in [-0.3, -0.25) is 9.59 Å². The number of carbonyl (C=O) groups excluding carboxylic acids is 1. The molecule has 0 radical (unpaired) electrons. The molecule has 0 aliphatic rings. The number of aliphatic carboxylic acids is 1. The molecule has 0 fully saturated rings. The van der Waals surface area contributed by atoms with Crippen molar-refractivity contribution in [2.75, 3.05) is 0 Å². The standard InChI is InChI=1S/C14H27NO3/c1-5-8-9-11(4)15-12(16)10-14(6-2,7-3)13(17)18/h11H,5-10H2,1-4H3,(H,15,16)(H,17,18). The largest absolute Gasteiger partial charge is 0.481 e. The van der Waals surface area contributed by atoms with E-state index >= 15 is 0 Å². The quantitative estimate of drug-likeness (QED) is 0.667. The van der Waals surface area contributed by atoms with Crippen LogP contribution in [0.15, 0.2) is 0 Å². The van der Waals surface area contributed by atoms with Crippen LogP contribution in [-0.4, -0.2) is 23.0 Å². The summed E-state index contributed by atoms with van der Waals surface area (Å²) in [5.74, 6) is -1.02. The Balaban J connectivity index is 4.39. The lowest BCUT2D eigenvalue weighted by molar-refractivity contribution is -0.152. The molecular formula is C14H27NO3. The van der Waals surface area contributed by atoms with Gasteiger partial charge in [-0.2, -0.15) is 0 Å². The lowest BCUT2D eigenvalue weighted by Crippen LogP contribution is -2.40. The molecule has 1 unspecified atom stereocenters. The summed E-state index contributed by atoms with van der Waals surface area (Å²) in [4.78, 5) is 23.2. The summed E-state index contributed by atoms with van der Waals surface area (Å²) in [6, 6.07) is 0.123.